The first kappa shape index (κ1) is 14.7. The van der Waals surface area contributed by atoms with Crippen LogP contribution in [0.3, 0.4) is 0 Å². The molecule has 0 saturated carbocycles. The van der Waals surface area contributed by atoms with Crippen molar-refractivity contribution >= 4 is 0 Å². The van der Waals surface area contributed by atoms with Gasteiger partial charge in [-0.15, -0.1) is 0 Å². The predicted octanol–water partition coefficient (Wildman–Crippen LogP) is 2.28. The summed E-state index contributed by atoms with van der Waals surface area (Å²) in [5.41, 5.74) is 0.228. The van der Waals surface area contributed by atoms with E-state index in [0.717, 1.165) is 6.07 Å². The highest BCUT2D eigenvalue weighted by Crippen LogP contribution is 2.22. The number of hydrogen-bond acceptors (Lipinski definition) is 3. The number of aliphatic hydroxyl groups excluding tert-OH is 1. The Morgan fingerprint density at radius 3 is 2.50 bits per heavy atom. The molecule has 0 radical (unpaired) electrons. The molecule has 0 saturated heterocycles. The van der Waals surface area contributed by atoms with Crippen LogP contribution in [0.5, 0.6) is 5.75 Å². The van der Waals surface area contributed by atoms with E-state index < -0.39 is 25.2 Å². The molecule has 0 heterocycles. The first-order valence-electron chi connectivity index (χ1n) is 5.09. The lowest BCUT2D eigenvalue weighted by molar-refractivity contribution is -0.175. The molecule has 0 unspecified atom stereocenters. The Morgan fingerprint density at radius 1 is 1.17 bits per heavy atom. The molecule has 0 aliphatic heterocycles. The van der Waals surface area contributed by atoms with Crippen molar-refractivity contribution in [1.29, 1.82) is 0 Å². The second-order valence-corrected chi connectivity index (χ2v) is 3.40. The van der Waals surface area contributed by atoms with Crippen molar-refractivity contribution in [2.24, 2.45) is 0 Å². The van der Waals surface area contributed by atoms with Gasteiger partial charge in [-0.05, 0) is 6.07 Å². The van der Waals surface area contributed by atoms with Crippen molar-refractivity contribution in [3.63, 3.8) is 0 Å². The van der Waals surface area contributed by atoms with E-state index in [9.17, 15) is 17.6 Å². The number of halogens is 4. The summed E-state index contributed by atoms with van der Waals surface area (Å²) in [6, 6.07) is 3.98. The molecule has 0 spiro atoms. The number of benzene rings is 1. The summed E-state index contributed by atoms with van der Waals surface area (Å²) in [4.78, 5) is 0. The fourth-order valence-corrected chi connectivity index (χ4v) is 1.23. The minimum Gasteiger partial charge on any atom is -0.488 e. The highest BCUT2D eigenvalue weighted by molar-refractivity contribution is 5.34. The molecular weight excluding hydrogens is 256 g/mol. The number of hydrogen-bond donors (Lipinski definition) is 1. The molecule has 0 amide bonds. The fraction of sp³-hybridized carbons (Fsp3) is 0.455. The Kier molecular flexibility index (Phi) is 5.36. The molecule has 0 aromatic heterocycles. The predicted molar refractivity (Wildman–Crippen MR) is 54.7 cm³/mol. The van der Waals surface area contributed by atoms with Crippen molar-refractivity contribution in [3.05, 3.63) is 29.6 Å². The third-order valence-corrected chi connectivity index (χ3v) is 1.96. The van der Waals surface area contributed by atoms with Gasteiger partial charge in [0.2, 0.25) is 0 Å². The molecule has 0 aliphatic carbocycles. The Balaban J connectivity index is 2.40. The maximum Gasteiger partial charge on any atom is 0.411 e. The van der Waals surface area contributed by atoms with Crippen LogP contribution >= 0.6 is 0 Å². The van der Waals surface area contributed by atoms with Crippen LogP contribution in [0.25, 0.3) is 0 Å². The van der Waals surface area contributed by atoms with Gasteiger partial charge in [-0.3, -0.25) is 0 Å². The molecule has 1 aromatic carbocycles. The molecule has 1 rings (SSSR count). The van der Waals surface area contributed by atoms with E-state index in [1.165, 1.54) is 12.1 Å². The summed E-state index contributed by atoms with van der Waals surface area (Å²) in [7, 11) is 0. The first-order valence-corrected chi connectivity index (χ1v) is 5.09. The SMILES string of the molecule is OCc1cccc(F)c1OCCOCC(F)(F)F. The van der Waals surface area contributed by atoms with Gasteiger partial charge in [0.15, 0.2) is 11.6 Å². The number of para-hydroxylation sites is 1. The van der Waals surface area contributed by atoms with Crippen LogP contribution in [-0.4, -0.2) is 31.1 Å². The van der Waals surface area contributed by atoms with Gasteiger partial charge in [-0.25, -0.2) is 4.39 Å². The van der Waals surface area contributed by atoms with Crippen LogP contribution in [0.2, 0.25) is 0 Å². The zero-order valence-electron chi connectivity index (χ0n) is 9.34. The minimum absolute atomic E-state index is 0.171. The number of rotatable bonds is 6. The largest absolute Gasteiger partial charge is 0.488 e. The molecule has 0 aliphatic rings. The highest BCUT2D eigenvalue weighted by atomic mass is 19.4. The van der Waals surface area contributed by atoms with Crippen LogP contribution < -0.4 is 4.74 Å². The van der Waals surface area contributed by atoms with E-state index in [1.54, 1.807) is 0 Å². The standard InChI is InChI=1S/C11H12F4O3/c12-9-3-1-2-8(6-16)10(9)18-5-4-17-7-11(13,14)15/h1-3,16H,4-7H2. The van der Waals surface area contributed by atoms with E-state index in [1.807, 2.05) is 0 Å². The summed E-state index contributed by atoms with van der Waals surface area (Å²) < 4.78 is 57.7. The van der Waals surface area contributed by atoms with E-state index >= 15 is 0 Å². The van der Waals surface area contributed by atoms with E-state index in [4.69, 9.17) is 9.84 Å². The monoisotopic (exact) mass is 268 g/mol. The van der Waals surface area contributed by atoms with Gasteiger partial charge in [-0.1, -0.05) is 12.1 Å². The quantitative estimate of drug-likeness (QED) is 0.635. The zero-order valence-corrected chi connectivity index (χ0v) is 9.34. The molecule has 0 fully saturated rings. The Morgan fingerprint density at radius 2 is 1.89 bits per heavy atom. The average Bonchev–Trinajstić information content (AvgIpc) is 2.29. The van der Waals surface area contributed by atoms with Crippen LogP contribution in [0.15, 0.2) is 18.2 Å². The molecule has 0 atom stereocenters. The lowest BCUT2D eigenvalue weighted by Crippen LogP contribution is -2.19. The molecule has 1 N–H and O–H groups in total. The molecule has 7 heteroatoms. The number of aliphatic hydroxyl groups is 1. The smallest absolute Gasteiger partial charge is 0.411 e. The molecule has 1 aromatic rings. The van der Waals surface area contributed by atoms with Crippen molar-refractivity contribution in [3.8, 4) is 5.75 Å². The van der Waals surface area contributed by atoms with E-state index in [-0.39, 0.29) is 24.5 Å². The number of ether oxygens (including phenoxy) is 2. The zero-order chi connectivity index (χ0) is 13.6. The Bertz CT molecular complexity index is 379. The molecule has 18 heavy (non-hydrogen) atoms. The topological polar surface area (TPSA) is 38.7 Å². The number of alkyl halides is 3. The maximum absolute atomic E-state index is 13.3. The second kappa shape index (κ2) is 6.55. The summed E-state index contributed by atoms with van der Waals surface area (Å²) in [6.07, 6.45) is -4.39. The van der Waals surface area contributed by atoms with Gasteiger partial charge in [0.05, 0.1) is 13.2 Å². The van der Waals surface area contributed by atoms with Crippen LogP contribution in [0.1, 0.15) is 5.56 Å². The normalized spacial score (nSPS) is 11.6. The van der Waals surface area contributed by atoms with E-state index in [0.29, 0.717) is 0 Å². The lowest BCUT2D eigenvalue weighted by atomic mass is 10.2. The molecule has 102 valence electrons. The van der Waals surface area contributed by atoms with Crippen LogP contribution in [0.4, 0.5) is 17.6 Å². The fourth-order valence-electron chi connectivity index (χ4n) is 1.23. The molecule has 0 bridgehead atoms. The molecule has 3 nitrogen and oxygen atoms in total. The van der Waals surface area contributed by atoms with E-state index in [2.05, 4.69) is 4.74 Å². The van der Waals surface area contributed by atoms with Crippen LogP contribution in [-0.2, 0) is 11.3 Å². The van der Waals surface area contributed by atoms with Crippen molar-refractivity contribution in [2.45, 2.75) is 12.8 Å². The maximum atomic E-state index is 13.3. The third kappa shape index (κ3) is 4.89. The highest BCUT2D eigenvalue weighted by Gasteiger charge is 2.27. The van der Waals surface area contributed by atoms with Gasteiger partial charge in [0.1, 0.15) is 13.2 Å². The van der Waals surface area contributed by atoms with Crippen LogP contribution in [0, 0.1) is 5.82 Å². The summed E-state index contributed by atoms with van der Waals surface area (Å²) >= 11 is 0. The van der Waals surface area contributed by atoms with Crippen molar-refractivity contribution in [1.82, 2.24) is 0 Å². The minimum atomic E-state index is -4.39. The van der Waals surface area contributed by atoms with Gasteiger partial charge in [0.25, 0.3) is 0 Å². The van der Waals surface area contributed by atoms with Gasteiger partial charge in [-0.2, -0.15) is 13.2 Å². The first-order chi connectivity index (χ1) is 8.44. The Labute approximate surface area is 101 Å². The third-order valence-electron chi connectivity index (χ3n) is 1.96. The molecular formula is C11H12F4O3. The van der Waals surface area contributed by atoms with Gasteiger partial charge >= 0.3 is 6.18 Å². The average molecular weight is 268 g/mol. The summed E-state index contributed by atoms with van der Waals surface area (Å²) in [6.45, 7) is -2.35. The summed E-state index contributed by atoms with van der Waals surface area (Å²) in [5, 5.41) is 8.93. The van der Waals surface area contributed by atoms with Gasteiger partial charge in [0, 0.05) is 5.56 Å². The van der Waals surface area contributed by atoms with Crippen molar-refractivity contribution < 1.29 is 32.1 Å². The van der Waals surface area contributed by atoms with Gasteiger partial charge < -0.3 is 14.6 Å². The second-order valence-electron chi connectivity index (χ2n) is 3.40. The lowest BCUT2D eigenvalue weighted by Gasteiger charge is -2.11. The van der Waals surface area contributed by atoms with Crippen molar-refractivity contribution in [2.75, 3.05) is 19.8 Å². The summed E-state index contributed by atoms with van der Waals surface area (Å²) in [5.74, 6) is -0.854. The Hall–Kier alpha value is -1.34.